The molecule has 0 radical (unpaired) electrons. The van der Waals surface area contributed by atoms with Crippen LogP contribution in [-0.4, -0.2) is 30.8 Å². The number of hydrogen-bond donors (Lipinski definition) is 2. The summed E-state index contributed by atoms with van der Waals surface area (Å²) in [6, 6.07) is 11.1. The van der Waals surface area contributed by atoms with Crippen molar-refractivity contribution < 1.29 is 14.4 Å². The van der Waals surface area contributed by atoms with Gasteiger partial charge in [0.25, 0.3) is 5.91 Å². The number of thiophene rings is 1. The van der Waals surface area contributed by atoms with E-state index in [1.165, 1.54) is 11.3 Å². The number of amides is 3. The van der Waals surface area contributed by atoms with Crippen LogP contribution in [0, 0.1) is 0 Å². The quantitative estimate of drug-likeness (QED) is 0.829. The van der Waals surface area contributed by atoms with E-state index in [9.17, 15) is 14.4 Å². The van der Waals surface area contributed by atoms with Crippen molar-refractivity contribution in [3.05, 3.63) is 52.2 Å². The van der Waals surface area contributed by atoms with Crippen molar-refractivity contribution in [3.8, 4) is 0 Å². The Labute approximate surface area is 149 Å². The molecule has 7 heteroatoms. The minimum atomic E-state index is -0.247. The second-order valence-electron chi connectivity index (χ2n) is 5.75. The lowest BCUT2D eigenvalue weighted by Crippen LogP contribution is -2.36. The van der Waals surface area contributed by atoms with Crippen molar-refractivity contribution in [1.82, 2.24) is 10.6 Å². The first-order valence-corrected chi connectivity index (χ1v) is 8.99. The maximum atomic E-state index is 11.8. The van der Waals surface area contributed by atoms with Crippen molar-refractivity contribution in [2.75, 3.05) is 18.0 Å². The zero-order valence-corrected chi connectivity index (χ0v) is 14.5. The third-order valence-corrected chi connectivity index (χ3v) is 4.83. The van der Waals surface area contributed by atoms with Crippen molar-refractivity contribution in [2.45, 2.75) is 19.4 Å². The molecule has 1 aromatic carbocycles. The van der Waals surface area contributed by atoms with Crippen LogP contribution < -0.4 is 15.5 Å². The van der Waals surface area contributed by atoms with Crippen LogP contribution in [0.2, 0.25) is 0 Å². The van der Waals surface area contributed by atoms with E-state index in [4.69, 9.17) is 0 Å². The second-order valence-corrected chi connectivity index (χ2v) is 6.70. The summed E-state index contributed by atoms with van der Waals surface area (Å²) in [5.41, 5.74) is 1.83. The van der Waals surface area contributed by atoms with Gasteiger partial charge in [0.15, 0.2) is 0 Å². The van der Waals surface area contributed by atoms with E-state index >= 15 is 0 Å². The van der Waals surface area contributed by atoms with Gasteiger partial charge in [-0.25, -0.2) is 0 Å². The zero-order chi connectivity index (χ0) is 17.6. The van der Waals surface area contributed by atoms with Gasteiger partial charge in [-0.1, -0.05) is 18.2 Å². The number of rotatable bonds is 6. The van der Waals surface area contributed by atoms with Gasteiger partial charge in [0.2, 0.25) is 11.8 Å². The molecule has 1 aliphatic rings. The van der Waals surface area contributed by atoms with Crippen LogP contribution in [0.3, 0.4) is 0 Å². The summed E-state index contributed by atoms with van der Waals surface area (Å²) in [6.45, 7) is 1.08. The Bertz CT molecular complexity index is 756. The predicted octanol–water partition coefficient (Wildman–Crippen LogP) is 1.92. The zero-order valence-electron chi connectivity index (χ0n) is 13.7. The largest absolute Gasteiger partial charge is 0.350 e. The molecular weight excluding hydrogens is 338 g/mol. The Morgan fingerprint density at radius 2 is 1.92 bits per heavy atom. The number of hydrogen-bond acceptors (Lipinski definition) is 4. The highest BCUT2D eigenvalue weighted by atomic mass is 32.1. The number of benzene rings is 1. The fraction of sp³-hybridized carbons (Fsp3) is 0.278. The molecule has 2 aromatic rings. The van der Waals surface area contributed by atoms with Crippen LogP contribution in [0.4, 0.5) is 5.69 Å². The van der Waals surface area contributed by atoms with Crippen LogP contribution in [-0.2, 0) is 16.1 Å². The molecule has 0 bridgehead atoms. The lowest BCUT2D eigenvalue weighted by Gasteiger charge is -2.16. The molecule has 6 nitrogen and oxygen atoms in total. The molecule has 3 amide bonds. The highest BCUT2D eigenvalue weighted by molar-refractivity contribution is 7.12. The van der Waals surface area contributed by atoms with E-state index in [-0.39, 0.29) is 24.3 Å². The van der Waals surface area contributed by atoms with Gasteiger partial charge in [-0.3, -0.25) is 14.4 Å². The van der Waals surface area contributed by atoms with Crippen molar-refractivity contribution >= 4 is 34.7 Å². The SMILES string of the molecule is O=C(CNC(=O)c1cccs1)NCc1ccc(N2CCCC2=O)cc1. The van der Waals surface area contributed by atoms with Crippen molar-refractivity contribution in [1.29, 1.82) is 0 Å². The Morgan fingerprint density at radius 1 is 1.12 bits per heavy atom. The summed E-state index contributed by atoms with van der Waals surface area (Å²) in [5.74, 6) is -0.337. The maximum absolute atomic E-state index is 11.8. The normalized spacial score (nSPS) is 13.8. The molecule has 2 heterocycles. The molecule has 0 spiro atoms. The summed E-state index contributed by atoms with van der Waals surface area (Å²) >= 11 is 1.33. The van der Waals surface area contributed by atoms with Gasteiger partial charge in [-0.05, 0) is 35.6 Å². The van der Waals surface area contributed by atoms with E-state index in [1.54, 1.807) is 17.0 Å². The van der Waals surface area contributed by atoms with Gasteiger partial charge in [0.05, 0.1) is 11.4 Å². The lowest BCUT2D eigenvalue weighted by molar-refractivity contribution is -0.120. The molecular formula is C18H19N3O3S. The van der Waals surface area contributed by atoms with E-state index in [2.05, 4.69) is 10.6 Å². The fourth-order valence-electron chi connectivity index (χ4n) is 2.63. The summed E-state index contributed by atoms with van der Waals surface area (Å²) in [7, 11) is 0. The topological polar surface area (TPSA) is 78.5 Å². The molecule has 0 atom stereocenters. The average molecular weight is 357 g/mol. The summed E-state index contributed by atoms with van der Waals surface area (Å²) < 4.78 is 0. The Morgan fingerprint density at radius 3 is 2.56 bits per heavy atom. The van der Waals surface area contributed by atoms with Crippen LogP contribution in [0.5, 0.6) is 0 Å². The van der Waals surface area contributed by atoms with Gasteiger partial charge in [-0.2, -0.15) is 0 Å². The second kappa shape index (κ2) is 7.94. The Balaban J connectivity index is 1.44. The van der Waals surface area contributed by atoms with Gasteiger partial charge < -0.3 is 15.5 Å². The number of nitrogens with zero attached hydrogens (tertiary/aromatic N) is 1. The first-order valence-electron chi connectivity index (χ1n) is 8.11. The first kappa shape index (κ1) is 17.2. The standard InChI is InChI=1S/C18H19N3O3S/c22-16(12-20-18(24)15-3-2-10-25-15)19-11-13-5-7-14(8-6-13)21-9-1-4-17(21)23/h2-3,5-8,10H,1,4,9,11-12H2,(H,19,22)(H,20,24). The Hall–Kier alpha value is -2.67. The van der Waals surface area contributed by atoms with Crippen LogP contribution in [0.25, 0.3) is 0 Å². The molecule has 1 fully saturated rings. The summed E-state index contributed by atoms with van der Waals surface area (Å²) in [4.78, 5) is 37.7. The van der Waals surface area contributed by atoms with Crippen LogP contribution in [0.15, 0.2) is 41.8 Å². The monoisotopic (exact) mass is 357 g/mol. The van der Waals surface area contributed by atoms with E-state index in [0.29, 0.717) is 17.8 Å². The summed E-state index contributed by atoms with van der Waals surface area (Å²) in [5, 5.41) is 7.17. The third-order valence-electron chi connectivity index (χ3n) is 3.97. The van der Waals surface area contributed by atoms with Crippen molar-refractivity contribution in [3.63, 3.8) is 0 Å². The molecule has 1 saturated heterocycles. The molecule has 2 N–H and O–H groups in total. The molecule has 1 aliphatic heterocycles. The van der Waals surface area contributed by atoms with Crippen molar-refractivity contribution in [2.24, 2.45) is 0 Å². The molecule has 25 heavy (non-hydrogen) atoms. The molecule has 0 saturated carbocycles. The van der Waals surface area contributed by atoms with E-state index < -0.39 is 0 Å². The number of nitrogens with one attached hydrogen (secondary N) is 2. The minimum Gasteiger partial charge on any atom is -0.350 e. The maximum Gasteiger partial charge on any atom is 0.261 e. The van der Waals surface area contributed by atoms with E-state index in [0.717, 1.165) is 24.2 Å². The van der Waals surface area contributed by atoms with Gasteiger partial charge in [-0.15, -0.1) is 11.3 Å². The molecule has 0 aliphatic carbocycles. The summed E-state index contributed by atoms with van der Waals surface area (Å²) in [6.07, 6.45) is 1.50. The average Bonchev–Trinajstić information content (AvgIpc) is 3.30. The fourth-order valence-corrected chi connectivity index (χ4v) is 3.27. The Kier molecular flexibility index (Phi) is 5.45. The molecule has 1 aromatic heterocycles. The number of carbonyl (C=O) groups is 3. The highest BCUT2D eigenvalue weighted by Crippen LogP contribution is 2.21. The number of carbonyl (C=O) groups excluding carboxylic acids is 3. The first-order chi connectivity index (χ1) is 12.1. The van der Waals surface area contributed by atoms with Gasteiger partial charge in [0.1, 0.15) is 0 Å². The minimum absolute atomic E-state index is 0.0584. The van der Waals surface area contributed by atoms with Gasteiger partial charge >= 0.3 is 0 Å². The van der Waals surface area contributed by atoms with E-state index in [1.807, 2.05) is 29.6 Å². The highest BCUT2D eigenvalue weighted by Gasteiger charge is 2.21. The lowest BCUT2D eigenvalue weighted by atomic mass is 10.2. The molecule has 3 rings (SSSR count). The smallest absolute Gasteiger partial charge is 0.261 e. The predicted molar refractivity (Wildman–Crippen MR) is 96.5 cm³/mol. The van der Waals surface area contributed by atoms with Gasteiger partial charge in [0, 0.05) is 25.2 Å². The molecule has 0 unspecified atom stereocenters. The molecule has 130 valence electrons. The third kappa shape index (κ3) is 4.45. The van der Waals surface area contributed by atoms with Crippen LogP contribution in [0.1, 0.15) is 28.1 Å². The number of anilines is 1. The van der Waals surface area contributed by atoms with Crippen LogP contribution >= 0.6 is 11.3 Å².